The SMILES string of the molecule is C[C@H](N)c1cccc(-c2cc(C3=NCCO3)c3cnn(-c4cccc(CO)n4)c3c2)n1. The van der Waals surface area contributed by atoms with Crippen molar-refractivity contribution >= 4 is 16.8 Å². The Morgan fingerprint density at radius 1 is 1.16 bits per heavy atom. The van der Waals surface area contributed by atoms with Gasteiger partial charge in [0.25, 0.3) is 0 Å². The molecule has 156 valence electrons. The maximum Gasteiger partial charge on any atom is 0.217 e. The highest BCUT2D eigenvalue weighted by Crippen LogP contribution is 2.30. The third kappa shape index (κ3) is 3.56. The number of nitrogens with zero attached hydrogens (tertiary/aromatic N) is 5. The number of fused-ring (bicyclic) bond motifs is 1. The van der Waals surface area contributed by atoms with Crippen molar-refractivity contribution in [1.82, 2.24) is 19.7 Å². The van der Waals surface area contributed by atoms with Crippen molar-refractivity contribution in [2.24, 2.45) is 10.7 Å². The molecule has 0 fully saturated rings. The molecule has 8 heteroatoms. The lowest BCUT2D eigenvalue weighted by Crippen LogP contribution is -2.08. The Balaban J connectivity index is 1.74. The average Bonchev–Trinajstić information content (AvgIpc) is 3.49. The molecule has 3 aromatic heterocycles. The Kier molecular flexibility index (Phi) is 4.93. The lowest BCUT2D eigenvalue weighted by atomic mass is 10.0. The predicted octanol–water partition coefficient (Wildman–Crippen LogP) is 2.77. The molecule has 8 nitrogen and oxygen atoms in total. The molecule has 0 saturated carbocycles. The molecule has 4 aromatic rings. The number of pyridine rings is 2. The zero-order valence-electron chi connectivity index (χ0n) is 17.1. The fourth-order valence-electron chi connectivity index (χ4n) is 3.67. The minimum atomic E-state index is -0.165. The van der Waals surface area contributed by atoms with Crippen LogP contribution < -0.4 is 5.73 Å². The first kappa shape index (κ1) is 19.3. The normalized spacial score (nSPS) is 14.5. The minimum absolute atomic E-state index is 0.137. The average molecular weight is 414 g/mol. The van der Waals surface area contributed by atoms with Crippen molar-refractivity contribution in [3.05, 3.63) is 71.7 Å². The number of aromatic nitrogens is 4. The summed E-state index contributed by atoms with van der Waals surface area (Å²) < 4.78 is 7.53. The smallest absolute Gasteiger partial charge is 0.217 e. The molecular formula is C23H22N6O2. The molecule has 0 amide bonds. The number of nitrogens with two attached hydrogens (primary N) is 1. The van der Waals surface area contributed by atoms with Gasteiger partial charge in [0.1, 0.15) is 6.61 Å². The number of aliphatic hydroxyl groups excluding tert-OH is 1. The van der Waals surface area contributed by atoms with Gasteiger partial charge < -0.3 is 15.6 Å². The van der Waals surface area contributed by atoms with E-state index in [9.17, 15) is 5.11 Å². The van der Waals surface area contributed by atoms with E-state index < -0.39 is 0 Å². The predicted molar refractivity (Wildman–Crippen MR) is 118 cm³/mol. The molecule has 4 heterocycles. The van der Waals surface area contributed by atoms with E-state index >= 15 is 0 Å². The number of benzene rings is 1. The highest BCUT2D eigenvalue weighted by Gasteiger charge is 2.20. The molecule has 5 rings (SSSR count). The van der Waals surface area contributed by atoms with E-state index in [2.05, 4.69) is 15.1 Å². The van der Waals surface area contributed by atoms with Crippen molar-refractivity contribution in [1.29, 1.82) is 0 Å². The zero-order valence-corrected chi connectivity index (χ0v) is 17.1. The van der Waals surface area contributed by atoms with Crippen LogP contribution in [0.3, 0.4) is 0 Å². The first-order valence-corrected chi connectivity index (χ1v) is 10.1. The Labute approximate surface area is 179 Å². The summed E-state index contributed by atoms with van der Waals surface area (Å²) >= 11 is 0. The highest BCUT2D eigenvalue weighted by molar-refractivity contribution is 6.08. The van der Waals surface area contributed by atoms with E-state index in [0.717, 1.165) is 33.4 Å². The van der Waals surface area contributed by atoms with E-state index in [1.165, 1.54) is 0 Å². The number of hydrogen-bond acceptors (Lipinski definition) is 7. The van der Waals surface area contributed by atoms with Crippen LogP contribution in [0.15, 0.2) is 59.7 Å². The van der Waals surface area contributed by atoms with Crippen LogP contribution in [0.4, 0.5) is 0 Å². The van der Waals surface area contributed by atoms with Crippen LogP contribution in [0.2, 0.25) is 0 Å². The number of hydrogen-bond donors (Lipinski definition) is 2. The Morgan fingerprint density at radius 3 is 2.81 bits per heavy atom. The van der Waals surface area contributed by atoms with Crippen LogP contribution in [-0.4, -0.2) is 43.9 Å². The van der Waals surface area contributed by atoms with Gasteiger partial charge in [-0.1, -0.05) is 12.1 Å². The van der Waals surface area contributed by atoms with Gasteiger partial charge in [0.2, 0.25) is 5.90 Å². The van der Waals surface area contributed by atoms with E-state index in [4.69, 9.17) is 15.5 Å². The first-order valence-electron chi connectivity index (χ1n) is 10.1. The summed E-state index contributed by atoms with van der Waals surface area (Å²) in [6.07, 6.45) is 1.79. The van der Waals surface area contributed by atoms with E-state index in [0.29, 0.717) is 30.6 Å². The Bertz CT molecular complexity index is 1290. The molecule has 0 unspecified atom stereocenters. The molecule has 1 aliphatic heterocycles. The summed E-state index contributed by atoms with van der Waals surface area (Å²) in [7, 11) is 0. The first-order chi connectivity index (χ1) is 15.1. The van der Waals surface area contributed by atoms with Gasteiger partial charge in [-0.15, -0.1) is 0 Å². The van der Waals surface area contributed by atoms with E-state index in [1.807, 2.05) is 49.4 Å². The molecule has 0 aliphatic carbocycles. The second-order valence-electron chi connectivity index (χ2n) is 7.43. The summed E-state index contributed by atoms with van der Waals surface area (Å²) in [5.41, 5.74) is 10.9. The van der Waals surface area contributed by atoms with Crippen molar-refractivity contribution < 1.29 is 9.84 Å². The second-order valence-corrected chi connectivity index (χ2v) is 7.43. The Morgan fingerprint density at radius 2 is 2.03 bits per heavy atom. The van der Waals surface area contributed by atoms with Crippen LogP contribution in [0.25, 0.3) is 28.0 Å². The monoisotopic (exact) mass is 414 g/mol. The van der Waals surface area contributed by atoms with Crippen LogP contribution in [0.1, 0.15) is 29.9 Å². The fraction of sp³-hybridized carbons (Fsp3) is 0.217. The minimum Gasteiger partial charge on any atom is -0.475 e. The third-order valence-corrected chi connectivity index (χ3v) is 5.21. The molecule has 0 spiro atoms. The standard InChI is InChI=1S/C23H22N6O2/c1-14(24)19-5-3-6-20(28-19)15-10-17(23-25-8-9-31-23)18-12-26-29(21(18)11-15)22-7-2-4-16(13-30)27-22/h2-7,10-12,14,30H,8-9,13,24H2,1H3/t14-/m0/s1. The molecule has 1 aliphatic rings. The summed E-state index contributed by atoms with van der Waals surface area (Å²) in [6, 6.07) is 15.2. The van der Waals surface area contributed by atoms with Gasteiger partial charge in [0, 0.05) is 22.6 Å². The van der Waals surface area contributed by atoms with Crippen molar-refractivity contribution in [2.45, 2.75) is 19.6 Å². The number of ether oxygens (including phenoxy) is 1. The van der Waals surface area contributed by atoms with Crippen LogP contribution in [0, 0.1) is 0 Å². The molecular weight excluding hydrogens is 392 g/mol. The molecule has 31 heavy (non-hydrogen) atoms. The molecule has 0 radical (unpaired) electrons. The largest absolute Gasteiger partial charge is 0.475 e. The van der Waals surface area contributed by atoms with Crippen molar-refractivity contribution in [3.8, 4) is 17.1 Å². The maximum absolute atomic E-state index is 9.48. The second kappa shape index (κ2) is 7.90. The number of aliphatic imine (C=N–C) groups is 1. The van der Waals surface area contributed by atoms with Crippen molar-refractivity contribution in [3.63, 3.8) is 0 Å². The van der Waals surface area contributed by atoms with Crippen LogP contribution in [-0.2, 0) is 11.3 Å². The van der Waals surface area contributed by atoms with Crippen LogP contribution in [0.5, 0.6) is 0 Å². The highest BCUT2D eigenvalue weighted by atomic mass is 16.5. The number of rotatable bonds is 5. The molecule has 0 saturated heterocycles. The molecule has 1 aromatic carbocycles. The van der Waals surface area contributed by atoms with E-state index in [1.54, 1.807) is 16.9 Å². The Hall–Kier alpha value is -3.62. The topological polar surface area (TPSA) is 111 Å². The quantitative estimate of drug-likeness (QED) is 0.519. The summed E-state index contributed by atoms with van der Waals surface area (Å²) in [5.74, 6) is 1.23. The lowest BCUT2D eigenvalue weighted by Gasteiger charge is -2.11. The van der Waals surface area contributed by atoms with Gasteiger partial charge in [0.15, 0.2) is 5.82 Å². The van der Waals surface area contributed by atoms with Gasteiger partial charge in [-0.2, -0.15) is 5.10 Å². The lowest BCUT2D eigenvalue weighted by molar-refractivity contribution is 0.276. The van der Waals surface area contributed by atoms with Crippen LogP contribution >= 0.6 is 0 Å². The van der Waals surface area contributed by atoms with Gasteiger partial charge in [0.05, 0.1) is 41.9 Å². The van der Waals surface area contributed by atoms with Gasteiger partial charge in [-0.25, -0.2) is 14.7 Å². The van der Waals surface area contributed by atoms with Crippen molar-refractivity contribution in [2.75, 3.05) is 13.2 Å². The third-order valence-electron chi connectivity index (χ3n) is 5.21. The van der Waals surface area contributed by atoms with Gasteiger partial charge in [-0.05, 0) is 43.3 Å². The molecule has 3 N–H and O–H groups in total. The zero-order chi connectivity index (χ0) is 21.4. The van der Waals surface area contributed by atoms with E-state index in [-0.39, 0.29) is 12.6 Å². The summed E-state index contributed by atoms with van der Waals surface area (Å²) in [6.45, 7) is 2.97. The fourth-order valence-corrected chi connectivity index (χ4v) is 3.67. The number of aliphatic hydroxyl groups is 1. The summed E-state index contributed by atoms with van der Waals surface area (Å²) in [4.78, 5) is 13.8. The van der Waals surface area contributed by atoms with Gasteiger partial charge >= 0.3 is 0 Å². The molecule has 0 bridgehead atoms. The van der Waals surface area contributed by atoms with Gasteiger partial charge in [-0.3, -0.25) is 4.98 Å². The molecule has 1 atom stereocenters. The summed E-state index contributed by atoms with van der Waals surface area (Å²) in [5, 5.41) is 15.0. The maximum atomic E-state index is 9.48.